The standard InChI is InChI=1S/C18H32N2O7/c1-5-27-18(2,3)12-15(22)20-13(17(25)26-4)8-6-7-11-19-14(21)9-10-16(23)24/h13H,5-12H2,1-4H3,(H,19,21)(H,20,22)(H,23,24). The van der Waals surface area contributed by atoms with Crippen LogP contribution in [0.5, 0.6) is 0 Å². The number of nitrogens with one attached hydrogen (secondary N) is 2. The predicted octanol–water partition coefficient (Wildman–Crippen LogP) is 1.00. The first-order valence-corrected chi connectivity index (χ1v) is 9.11. The molecule has 0 aliphatic carbocycles. The lowest BCUT2D eigenvalue weighted by molar-refractivity contribution is -0.146. The van der Waals surface area contributed by atoms with Crippen LogP contribution in [0.15, 0.2) is 0 Å². The van der Waals surface area contributed by atoms with E-state index in [1.165, 1.54) is 7.11 Å². The minimum atomic E-state index is -1.02. The fourth-order valence-electron chi connectivity index (χ4n) is 2.48. The summed E-state index contributed by atoms with van der Waals surface area (Å²) in [4.78, 5) is 45.8. The van der Waals surface area contributed by atoms with E-state index in [0.717, 1.165) is 0 Å². The zero-order chi connectivity index (χ0) is 20.9. The maximum absolute atomic E-state index is 12.2. The molecule has 9 heteroatoms. The van der Waals surface area contributed by atoms with Gasteiger partial charge in [-0.2, -0.15) is 0 Å². The highest BCUT2D eigenvalue weighted by molar-refractivity contribution is 5.84. The van der Waals surface area contributed by atoms with E-state index in [0.29, 0.717) is 32.4 Å². The minimum absolute atomic E-state index is 0.0637. The summed E-state index contributed by atoms with van der Waals surface area (Å²) >= 11 is 0. The van der Waals surface area contributed by atoms with Crippen molar-refractivity contribution < 1.29 is 33.8 Å². The van der Waals surface area contributed by atoms with Gasteiger partial charge in [0.1, 0.15) is 6.04 Å². The molecule has 0 saturated heterocycles. The number of esters is 1. The van der Waals surface area contributed by atoms with Gasteiger partial charge in [0.2, 0.25) is 11.8 Å². The van der Waals surface area contributed by atoms with Gasteiger partial charge in [-0.05, 0) is 40.0 Å². The highest BCUT2D eigenvalue weighted by atomic mass is 16.5. The second kappa shape index (κ2) is 13.1. The van der Waals surface area contributed by atoms with E-state index in [1.54, 1.807) is 13.8 Å². The number of rotatable bonds is 14. The number of ether oxygens (including phenoxy) is 2. The van der Waals surface area contributed by atoms with Crippen molar-refractivity contribution in [1.29, 1.82) is 0 Å². The van der Waals surface area contributed by atoms with Crippen LogP contribution in [0.2, 0.25) is 0 Å². The molecule has 3 N–H and O–H groups in total. The zero-order valence-electron chi connectivity index (χ0n) is 16.6. The van der Waals surface area contributed by atoms with Gasteiger partial charge in [-0.1, -0.05) is 0 Å². The van der Waals surface area contributed by atoms with Gasteiger partial charge >= 0.3 is 11.9 Å². The highest BCUT2D eigenvalue weighted by Gasteiger charge is 2.26. The molecule has 0 heterocycles. The summed E-state index contributed by atoms with van der Waals surface area (Å²) in [5, 5.41) is 13.8. The van der Waals surface area contributed by atoms with E-state index in [4.69, 9.17) is 14.6 Å². The Kier molecular flexibility index (Phi) is 12.0. The van der Waals surface area contributed by atoms with Crippen LogP contribution >= 0.6 is 0 Å². The topological polar surface area (TPSA) is 131 Å². The number of hydrogen-bond acceptors (Lipinski definition) is 6. The van der Waals surface area contributed by atoms with E-state index in [-0.39, 0.29) is 31.1 Å². The number of methoxy groups -OCH3 is 1. The average molecular weight is 388 g/mol. The van der Waals surface area contributed by atoms with Gasteiger partial charge in [0, 0.05) is 19.6 Å². The summed E-state index contributed by atoms with van der Waals surface area (Å²) in [5.74, 6) is -2.17. The van der Waals surface area contributed by atoms with Crippen LogP contribution in [0, 0.1) is 0 Å². The minimum Gasteiger partial charge on any atom is -0.481 e. The van der Waals surface area contributed by atoms with Gasteiger partial charge in [0.05, 0.1) is 25.6 Å². The SMILES string of the molecule is CCOC(C)(C)CC(=O)NC(CCCCNC(=O)CCC(=O)O)C(=O)OC. The van der Waals surface area contributed by atoms with Crippen LogP contribution in [0.25, 0.3) is 0 Å². The lowest BCUT2D eigenvalue weighted by atomic mass is 10.0. The molecule has 0 aromatic heterocycles. The van der Waals surface area contributed by atoms with Gasteiger partial charge in [0.15, 0.2) is 0 Å². The Hall–Kier alpha value is -2.16. The highest BCUT2D eigenvalue weighted by Crippen LogP contribution is 2.14. The molecule has 0 aromatic rings. The Labute approximate surface area is 160 Å². The molecule has 0 aliphatic heterocycles. The third-order valence-corrected chi connectivity index (χ3v) is 3.75. The van der Waals surface area contributed by atoms with Crippen molar-refractivity contribution in [3.8, 4) is 0 Å². The normalized spacial score (nSPS) is 12.1. The molecule has 156 valence electrons. The zero-order valence-corrected chi connectivity index (χ0v) is 16.6. The average Bonchev–Trinajstić information content (AvgIpc) is 2.57. The number of carbonyl (C=O) groups is 4. The summed E-state index contributed by atoms with van der Waals surface area (Å²) < 4.78 is 10.2. The molecule has 0 bridgehead atoms. The van der Waals surface area contributed by atoms with Crippen molar-refractivity contribution in [2.45, 2.75) is 70.9 Å². The first-order chi connectivity index (χ1) is 12.6. The predicted molar refractivity (Wildman–Crippen MR) is 98.0 cm³/mol. The molecular weight excluding hydrogens is 356 g/mol. The molecule has 0 radical (unpaired) electrons. The first-order valence-electron chi connectivity index (χ1n) is 9.11. The Morgan fingerprint density at radius 3 is 2.30 bits per heavy atom. The Balaban J connectivity index is 4.28. The number of amides is 2. The lowest BCUT2D eigenvalue weighted by Crippen LogP contribution is -2.44. The van der Waals surface area contributed by atoms with Crippen molar-refractivity contribution in [3.63, 3.8) is 0 Å². The smallest absolute Gasteiger partial charge is 0.328 e. The summed E-state index contributed by atoms with van der Waals surface area (Å²) in [7, 11) is 1.26. The van der Waals surface area contributed by atoms with E-state index in [9.17, 15) is 19.2 Å². The summed E-state index contributed by atoms with van der Waals surface area (Å²) in [6.07, 6.45) is 1.39. The second-order valence-electron chi connectivity index (χ2n) is 6.75. The third kappa shape index (κ3) is 12.8. The van der Waals surface area contributed by atoms with Crippen molar-refractivity contribution in [2.75, 3.05) is 20.3 Å². The van der Waals surface area contributed by atoms with E-state index >= 15 is 0 Å². The molecular formula is C18H32N2O7. The summed E-state index contributed by atoms with van der Waals surface area (Å²) in [6, 6.07) is -0.761. The fraction of sp³-hybridized carbons (Fsp3) is 0.778. The molecule has 0 aliphatic rings. The Bertz CT molecular complexity index is 506. The Morgan fingerprint density at radius 1 is 1.07 bits per heavy atom. The second-order valence-corrected chi connectivity index (χ2v) is 6.75. The molecule has 27 heavy (non-hydrogen) atoms. The molecule has 0 spiro atoms. The largest absolute Gasteiger partial charge is 0.481 e. The van der Waals surface area contributed by atoms with Crippen molar-refractivity contribution in [1.82, 2.24) is 10.6 Å². The molecule has 0 aromatic carbocycles. The molecule has 0 saturated carbocycles. The maximum atomic E-state index is 12.2. The first kappa shape index (κ1) is 24.8. The van der Waals surface area contributed by atoms with Crippen molar-refractivity contribution >= 4 is 23.8 Å². The molecule has 1 atom stereocenters. The lowest BCUT2D eigenvalue weighted by Gasteiger charge is -2.25. The van der Waals surface area contributed by atoms with Gasteiger partial charge in [0.25, 0.3) is 0 Å². The van der Waals surface area contributed by atoms with Crippen molar-refractivity contribution in [3.05, 3.63) is 0 Å². The monoisotopic (exact) mass is 388 g/mol. The van der Waals surface area contributed by atoms with Crippen LogP contribution in [-0.4, -0.2) is 60.8 Å². The van der Waals surface area contributed by atoms with Crippen LogP contribution in [-0.2, 0) is 28.7 Å². The molecule has 2 amide bonds. The van der Waals surface area contributed by atoms with E-state index in [1.807, 2.05) is 6.92 Å². The quantitative estimate of drug-likeness (QED) is 0.299. The molecule has 0 fully saturated rings. The van der Waals surface area contributed by atoms with Crippen LogP contribution in [0.3, 0.4) is 0 Å². The van der Waals surface area contributed by atoms with Gasteiger partial charge in [-0.25, -0.2) is 4.79 Å². The van der Waals surface area contributed by atoms with E-state index < -0.39 is 23.6 Å². The molecule has 0 rings (SSSR count). The summed E-state index contributed by atoms with van der Waals surface area (Å²) in [6.45, 7) is 6.31. The Morgan fingerprint density at radius 2 is 1.74 bits per heavy atom. The number of carboxylic acid groups (broad SMARTS) is 1. The maximum Gasteiger partial charge on any atom is 0.328 e. The number of unbranched alkanes of at least 4 members (excludes halogenated alkanes) is 1. The van der Waals surface area contributed by atoms with Crippen LogP contribution in [0.4, 0.5) is 0 Å². The van der Waals surface area contributed by atoms with Crippen LogP contribution < -0.4 is 10.6 Å². The van der Waals surface area contributed by atoms with Crippen molar-refractivity contribution in [2.24, 2.45) is 0 Å². The summed E-state index contributed by atoms with van der Waals surface area (Å²) in [5.41, 5.74) is -0.625. The van der Waals surface area contributed by atoms with Crippen LogP contribution in [0.1, 0.15) is 59.3 Å². The number of carbonyl (C=O) groups excluding carboxylic acids is 3. The number of hydrogen-bond donors (Lipinski definition) is 3. The van der Waals surface area contributed by atoms with E-state index in [2.05, 4.69) is 10.6 Å². The molecule has 1 unspecified atom stereocenters. The van der Waals surface area contributed by atoms with Gasteiger partial charge in [-0.15, -0.1) is 0 Å². The molecule has 9 nitrogen and oxygen atoms in total. The third-order valence-electron chi connectivity index (χ3n) is 3.75. The number of aliphatic carboxylic acids is 1. The number of carboxylic acids is 1. The van der Waals surface area contributed by atoms with Gasteiger partial charge in [-0.3, -0.25) is 14.4 Å². The van der Waals surface area contributed by atoms with Gasteiger partial charge < -0.3 is 25.2 Å². The fourth-order valence-corrected chi connectivity index (χ4v) is 2.48.